The highest BCUT2D eigenvalue weighted by molar-refractivity contribution is 4.84. The molecule has 4 heteroatoms. The summed E-state index contributed by atoms with van der Waals surface area (Å²) in [5, 5.41) is 0. The molecule has 0 heterocycles. The van der Waals surface area contributed by atoms with Crippen molar-refractivity contribution in [2.45, 2.75) is 151 Å². The number of unbranched alkanes of at least 4 members (excludes halogenated alkanes) is 14. The van der Waals surface area contributed by atoms with Gasteiger partial charge in [0.15, 0.2) is 0 Å². The van der Waals surface area contributed by atoms with E-state index in [4.69, 9.17) is 14.2 Å². The first-order valence-electron chi connectivity index (χ1n) is 15.6. The Morgan fingerprint density at radius 1 is 0.543 bits per heavy atom. The van der Waals surface area contributed by atoms with Gasteiger partial charge in [-0.25, -0.2) is 0 Å². The van der Waals surface area contributed by atoms with Crippen LogP contribution in [0.1, 0.15) is 144 Å². The lowest BCUT2D eigenvalue weighted by molar-refractivity contribution is -0.168. The first kappa shape index (κ1) is 34.8. The number of hydrogen-bond acceptors (Lipinski definition) is 4. The minimum absolute atomic E-state index is 0.0274. The van der Waals surface area contributed by atoms with E-state index in [1.165, 1.54) is 89.9 Å². The highest BCUT2D eigenvalue weighted by Crippen LogP contribution is 2.29. The molecule has 0 N–H and O–H groups in total. The van der Waals surface area contributed by atoms with Crippen LogP contribution in [-0.4, -0.2) is 57.3 Å². The highest BCUT2D eigenvalue weighted by atomic mass is 16.5. The number of nitrogens with zero attached hydrogens (tertiary/aromatic N) is 1. The van der Waals surface area contributed by atoms with Crippen LogP contribution in [0.5, 0.6) is 0 Å². The van der Waals surface area contributed by atoms with Gasteiger partial charge in [-0.1, -0.05) is 125 Å². The summed E-state index contributed by atoms with van der Waals surface area (Å²) < 4.78 is 18.8. The van der Waals surface area contributed by atoms with Crippen LogP contribution in [0.4, 0.5) is 0 Å². The highest BCUT2D eigenvalue weighted by Gasteiger charge is 2.39. The van der Waals surface area contributed by atoms with Gasteiger partial charge < -0.3 is 14.2 Å². The first-order valence-corrected chi connectivity index (χ1v) is 15.6. The summed E-state index contributed by atoms with van der Waals surface area (Å²) in [5.41, 5.74) is -0.164. The predicted molar refractivity (Wildman–Crippen MR) is 153 cm³/mol. The molecule has 0 radical (unpaired) electrons. The van der Waals surface area contributed by atoms with Gasteiger partial charge in [0.2, 0.25) is 0 Å². The Bertz CT molecular complexity index is 390. The molecule has 0 aliphatic rings. The third-order valence-electron chi connectivity index (χ3n) is 7.21. The molecule has 0 fully saturated rings. The van der Waals surface area contributed by atoms with Gasteiger partial charge in [-0.15, -0.1) is 0 Å². The largest absolute Gasteiger partial charge is 0.381 e. The molecule has 0 aromatic rings. The van der Waals surface area contributed by atoms with E-state index in [-0.39, 0.29) is 11.6 Å². The van der Waals surface area contributed by atoms with Crippen molar-refractivity contribution < 1.29 is 14.2 Å². The second-order valence-corrected chi connectivity index (χ2v) is 10.7. The van der Waals surface area contributed by atoms with Crippen molar-refractivity contribution in [3.05, 3.63) is 0 Å². The van der Waals surface area contributed by atoms with Crippen LogP contribution in [0, 0.1) is 5.41 Å². The predicted octanol–water partition coefficient (Wildman–Crippen LogP) is 9.01. The van der Waals surface area contributed by atoms with E-state index >= 15 is 0 Å². The average Bonchev–Trinajstić information content (AvgIpc) is 2.86. The molecule has 0 saturated heterocycles. The second kappa shape index (κ2) is 25.5. The monoisotopic (exact) mass is 499 g/mol. The third-order valence-corrected chi connectivity index (χ3v) is 7.21. The zero-order chi connectivity index (χ0) is 26.0. The Labute approximate surface area is 221 Å². The first-order chi connectivity index (χ1) is 17.1. The van der Waals surface area contributed by atoms with Crippen LogP contribution in [0.2, 0.25) is 0 Å². The van der Waals surface area contributed by atoms with Crippen molar-refractivity contribution >= 4 is 0 Å². The van der Waals surface area contributed by atoms with Crippen molar-refractivity contribution in [3.63, 3.8) is 0 Å². The maximum atomic E-state index is 6.30. The van der Waals surface area contributed by atoms with Crippen molar-refractivity contribution in [1.29, 1.82) is 0 Å². The average molecular weight is 500 g/mol. The van der Waals surface area contributed by atoms with E-state index in [9.17, 15) is 0 Å². The molecule has 35 heavy (non-hydrogen) atoms. The fourth-order valence-electron chi connectivity index (χ4n) is 4.93. The van der Waals surface area contributed by atoms with E-state index < -0.39 is 0 Å². The fraction of sp³-hybridized carbons (Fsp3) is 1.00. The Hall–Kier alpha value is -0.160. The molecular weight excluding hydrogens is 434 g/mol. The van der Waals surface area contributed by atoms with Crippen LogP contribution in [0.3, 0.4) is 0 Å². The maximum absolute atomic E-state index is 6.30. The molecule has 0 aliphatic carbocycles. The molecule has 212 valence electrons. The van der Waals surface area contributed by atoms with Crippen molar-refractivity contribution in [3.8, 4) is 0 Å². The summed E-state index contributed by atoms with van der Waals surface area (Å²) in [6.45, 7) is 19.2. The van der Waals surface area contributed by atoms with Crippen LogP contribution in [0.15, 0.2) is 0 Å². The van der Waals surface area contributed by atoms with Gasteiger partial charge in [0.05, 0.1) is 18.6 Å². The Morgan fingerprint density at radius 2 is 0.914 bits per heavy atom. The standard InChI is InChI=1S/C31H65NO3/c1-7-12-14-16-18-20-22-24-26-33-28-31(6,30(35-11-5)32(9-3)10-4)29-34-27-25-23-21-19-17-15-13-8-2/h30H,7-29H2,1-6H3. The Morgan fingerprint density at radius 3 is 1.26 bits per heavy atom. The zero-order valence-corrected chi connectivity index (χ0v) is 25.0. The number of hydrogen-bond donors (Lipinski definition) is 0. The molecule has 0 amide bonds. The Balaban J connectivity index is 4.47. The van der Waals surface area contributed by atoms with Crippen LogP contribution >= 0.6 is 0 Å². The number of ether oxygens (including phenoxy) is 3. The van der Waals surface area contributed by atoms with Crippen LogP contribution in [0.25, 0.3) is 0 Å². The lowest BCUT2D eigenvalue weighted by atomic mass is 9.89. The molecular formula is C31H65NO3. The minimum atomic E-state index is -0.164. The molecule has 0 saturated carbocycles. The fourth-order valence-corrected chi connectivity index (χ4v) is 4.93. The van der Waals surface area contributed by atoms with Crippen LogP contribution in [-0.2, 0) is 14.2 Å². The third kappa shape index (κ3) is 18.7. The van der Waals surface area contributed by atoms with Crippen molar-refractivity contribution in [2.24, 2.45) is 5.41 Å². The van der Waals surface area contributed by atoms with Gasteiger partial charge in [0.1, 0.15) is 6.23 Å². The van der Waals surface area contributed by atoms with Crippen molar-refractivity contribution in [1.82, 2.24) is 4.90 Å². The Kier molecular flexibility index (Phi) is 25.4. The normalized spacial score (nSPS) is 13.1. The molecule has 0 aliphatic heterocycles. The van der Waals surface area contributed by atoms with Gasteiger partial charge in [-0.3, -0.25) is 4.90 Å². The molecule has 0 aromatic heterocycles. The lowest BCUT2D eigenvalue weighted by Gasteiger charge is -2.42. The SMILES string of the molecule is CCCCCCCCCCOCC(C)(COCCCCCCCCCC)C(OCC)N(CC)CC. The molecule has 0 rings (SSSR count). The van der Waals surface area contributed by atoms with E-state index in [0.29, 0.717) is 19.8 Å². The summed E-state index contributed by atoms with van der Waals surface area (Å²) in [5.74, 6) is 0. The van der Waals surface area contributed by atoms with Gasteiger partial charge >= 0.3 is 0 Å². The van der Waals surface area contributed by atoms with E-state index in [0.717, 1.165) is 39.1 Å². The quantitative estimate of drug-likeness (QED) is 0.0793. The van der Waals surface area contributed by atoms with E-state index in [1.54, 1.807) is 0 Å². The van der Waals surface area contributed by atoms with Gasteiger partial charge in [-0.2, -0.15) is 0 Å². The summed E-state index contributed by atoms with van der Waals surface area (Å²) in [6.07, 6.45) is 21.3. The van der Waals surface area contributed by atoms with Crippen molar-refractivity contribution in [2.75, 3.05) is 46.1 Å². The molecule has 0 spiro atoms. The molecule has 4 nitrogen and oxygen atoms in total. The molecule has 1 atom stereocenters. The van der Waals surface area contributed by atoms with Gasteiger partial charge in [0, 0.05) is 19.8 Å². The summed E-state index contributed by atoms with van der Waals surface area (Å²) in [7, 11) is 0. The minimum Gasteiger partial charge on any atom is -0.381 e. The van der Waals surface area contributed by atoms with Crippen LogP contribution < -0.4 is 0 Å². The molecule has 0 aromatic carbocycles. The number of rotatable bonds is 28. The zero-order valence-electron chi connectivity index (χ0n) is 25.0. The topological polar surface area (TPSA) is 30.9 Å². The van der Waals surface area contributed by atoms with Gasteiger partial charge in [0.25, 0.3) is 0 Å². The summed E-state index contributed by atoms with van der Waals surface area (Å²) in [6, 6.07) is 0. The summed E-state index contributed by atoms with van der Waals surface area (Å²) in [4.78, 5) is 2.42. The molecule has 0 bridgehead atoms. The molecule has 1 unspecified atom stereocenters. The summed E-state index contributed by atoms with van der Waals surface area (Å²) >= 11 is 0. The second-order valence-electron chi connectivity index (χ2n) is 10.7. The van der Waals surface area contributed by atoms with Gasteiger partial charge in [-0.05, 0) is 32.9 Å². The van der Waals surface area contributed by atoms with E-state index in [1.807, 2.05) is 0 Å². The maximum Gasteiger partial charge on any atom is 0.120 e. The lowest BCUT2D eigenvalue weighted by Crippen LogP contribution is -2.52. The van der Waals surface area contributed by atoms with E-state index in [2.05, 4.69) is 46.4 Å². The smallest absolute Gasteiger partial charge is 0.120 e.